The number of carbonyl (C=O) groups excluding carboxylic acids is 2. The molecule has 5 rings (SSSR count). The molecule has 1 aliphatic heterocycles. The van der Waals surface area contributed by atoms with E-state index in [9.17, 15) is 9.59 Å². The minimum absolute atomic E-state index is 0.109. The Bertz CT molecular complexity index is 1540. The highest BCUT2D eigenvalue weighted by molar-refractivity contribution is 8.00. The van der Waals surface area contributed by atoms with Crippen LogP contribution in [0.4, 0.5) is 5.82 Å². The maximum atomic E-state index is 13.9. The lowest BCUT2D eigenvalue weighted by molar-refractivity contribution is -0.122. The molecule has 0 unspecified atom stereocenters. The fraction of sp³-hybridized carbons (Fsp3) is 0.323. The number of ether oxygens (including phenoxy) is 2. The molecule has 10 heteroatoms. The minimum atomic E-state index is -0.215. The van der Waals surface area contributed by atoms with Gasteiger partial charge in [0.05, 0.1) is 36.5 Å². The monoisotopic (exact) mass is 590 g/mol. The van der Waals surface area contributed by atoms with E-state index in [1.165, 1.54) is 0 Å². The summed E-state index contributed by atoms with van der Waals surface area (Å²) < 4.78 is 13.5. The highest BCUT2D eigenvalue weighted by Gasteiger charge is 2.39. The molecule has 2 amide bonds. The second kappa shape index (κ2) is 12.4. The summed E-state index contributed by atoms with van der Waals surface area (Å²) in [5.74, 6) is 1.65. The van der Waals surface area contributed by atoms with Gasteiger partial charge in [0.25, 0.3) is 0 Å². The number of thiophene rings is 1. The van der Waals surface area contributed by atoms with Crippen molar-refractivity contribution in [3.05, 3.63) is 75.5 Å². The van der Waals surface area contributed by atoms with Gasteiger partial charge in [-0.15, -0.1) is 11.8 Å². The lowest BCUT2D eigenvalue weighted by atomic mass is 9.99. The molecule has 0 fully saturated rings. The van der Waals surface area contributed by atoms with Crippen molar-refractivity contribution in [2.45, 2.75) is 32.4 Å². The first-order valence-corrected chi connectivity index (χ1v) is 15.5. The van der Waals surface area contributed by atoms with Crippen molar-refractivity contribution < 1.29 is 19.1 Å². The zero-order valence-corrected chi connectivity index (χ0v) is 25.5. The molecule has 0 aliphatic carbocycles. The SMILES string of the molecule is CCCNC(=O)CN1C(=O)CS[C@@H](c2ccsc2)c2c(-c3c(OC)cccc3OC)nn(-c3ccc(C)cc3C)c21. The molecule has 1 N–H and O–H groups in total. The number of carbonyl (C=O) groups is 2. The van der Waals surface area contributed by atoms with E-state index in [0.717, 1.165) is 34.4 Å². The van der Waals surface area contributed by atoms with Gasteiger partial charge in [0.2, 0.25) is 11.8 Å². The average molecular weight is 591 g/mol. The number of benzene rings is 2. The summed E-state index contributed by atoms with van der Waals surface area (Å²) >= 11 is 3.15. The van der Waals surface area contributed by atoms with Crippen LogP contribution in [0.3, 0.4) is 0 Å². The maximum absolute atomic E-state index is 13.9. The molecule has 0 saturated carbocycles. The number of nitrogens with zero attached hydrogens (tertiary/aromatic N) is 3. The van der Waals surface area contributed by atoms with Crippen molar-refractivity contribution in [3.63, 3.8) is 0 Å². The van der Waals surface area contributed by atoms with Crippen LogP contribution in [0.15, 0.2) is 53.2 Å². The second-order valence-corrected chi connectivity index (χ2v) is 11.8. The molecular formula is C31H34N4O4S2. The number of aryl methyl sites for hydroxylation is 2. The van der Waals surface area contributed by atoms with Gasteiger partial charge in [-0.25, -0.2) is 4.68 Å². The van der Waals surface area contributed by atoms with Gasteiger partial charge < -0.3 is 14.8 Å². The summed E-state index contributed by atoms with van der Waals surface area (Å²) in [6, 6.07) is 13.8. The van der Waals surface area contributed by atoms with Gasteiger partial charge >= 0.3 is 0 Å². The number of hydrogen-bond donors (Lipinski definition) is 1. The summed E-state index contributed by atoms with van der Waals surface area (Å²) in [5, 5.41) is 12.1. The number of thioether (sulfide) groups is 1. The van der Waals surface area contributed by atoms with Crippen molar-refractivity contribution >= 4 is 40.7 Å². The van der Waals surface area contributed by atoms with Crippen molar-refractivity contribution in [1.82, 2.24) is 15.1 Å². The number of anilines is 1. The predicted molar refractivity (Wildman–Crippen MR) is 166 cm³/mol. The molecule has 3 heterocycles. The highest BCUT2D eigenvalue weighted by Crippen LogP contribution is 2.52. The smallest absolute Gasteiger partial charge is 0.240 e. The lowest BCUT2D eigenvalue weighted by Gasteiger charge is -2.23. The number of hydrogen-bond acceptors (Lipinski definition) is 7. The van der Waals surface area contributed by atoms with E-state index < -0.39 is 0 Å². The first-order chi connectivity index (χ1) is 19.9. The molecule has 8 nitrogen and oxygen atoms in total. The molecule has 1 atom stereocenters. The number of amides is 2. The van der Waals surface area contributed by atoms with Crippen LogP contribution < -0.4 is 19.7 Å². The van der Waals surface area contributed by atoms with E-state index >= 15 is 0 Å². The Kier molecular flexibility index (Phi) is 8.70. The molecule has 1 aliphatic rings. The van der Waals surface area contributed by atoms with Gasteiger partial charge in [0.15, 0.2) is 0 Å². The first kappa shape index (κ1) is 28.8. The molecule has 0 bridgehead atoms. The van der Waals surface area contributed by atoms with Crippen LogP contribution in [0.1, 0.15) is 40.8 Å². The molecule has 0 saturated heterocycles. The Labute approximate surface area is 248 Å². The minimum Gasteiger partial charge on any atom is -0.496 e. The van der Waals surface area contributed by atoms with Gasteiger partial charge in [-0.05, 0) is 66.4 Å². The number of nitrogens with one attached hydrogen (secondary N) is 1. The van der Waals surface area contributed by atoms with E-state index in [2.05, 4.69) is 22.8 Å². The maximum Gasteiger partial charge on any atom is 0.240 e. The van der Waals surface area contributed by atoms with Crippen LogP contribution in [-0.2, 0) is 9.59 Å². The Balaban J connectivity index is 1.87. The fourth-order valence-corrected chi connectivity index (χ4v) is 7.11. The molecule has 214 valence electrons. The van der Waals surface area contributed by atoms with Gasteiger partial charge in [0.1, 0.15) is 29.6 Å². The van der Waals surface area contributed by atoms with Crippen molar-refractivity contribution in [3.8, 4) is 28.4 Å². The van der Waals surface area contributed by atoms with Crippen LogP contribution in [0, 0.1) is 13.8 Å². The quantitative estimate of drug-likeness (QED) is 0.260. The van der Waals surface area contributed by atoms with Crippen LogP contribution in [0.25, 0.3) is 16.9 Å². The zero-order valence-electron chi connectivity index (χ0n) is 23.9. The van der Waals surface area contributed by atoms with Crippen molar-refractivity contribution in [1.29, 1.82) is 0 Å². The molecular weight excluding hydrogens is 556 g/mol. The number of rotatable bonds is 9. The molecule has 2 aromatic heterocycles. The summed E-state index contributed by atoms with van der Waals surface area (Å²) in [6.07, 6.45) is 0.805. The van der Waals surface area contributed by atoms with Gasteiger partial charge in [0, 0.05) is 12.1 Å². The third-order valence-corrected chi connectivity index (χ3v) is 9.01. The Morgan fingerprint density at radius 2 is 1.88 bits per heavy atom. The summed E-state index contributed by atoms with van der Waals surface area (Å²) in [7, 11) is 3.24. The van der Waals surface area contributed by atoms with E-state index in [4.69, 9.17) is 14.6 Å². The number of aromatic nitrogens is 2. The third-order valence-electron chi connectivity index (χ3n) is 7.05. The van der Waals surface area contributed by atoms with Crippen molar-refractivity contribution in [2.24, 2.45) is 0 Å². The molecule has 2 aromatic carbocycles. The highest BCUT2D eigenvalue weighted by atomic mass is 32.2. The van der Waals surface area contributed by atoms with Gasteiger partial charge in [-0.2, -0.15) is 16.4 Å². The van der Waals surface area contributed by atoms with E-state index in [1.54, 1.807) is 42.2 Å². The standard InChI is InChI=1S/C31H34N4O4S2/c1-6-13-32-25(36)16-34-26(37)18-41-30(21-12-14-40-17-21)28-29(27-23(38-4)8-7-9-24(27)39-5)33-35(31(28)34)22-11-10-19(2)15-20(22)3/h7-12,14-15,17,30H,6,13,16,18H2,1-5H3,(H,32,36)/t30-/m0/s1. The molecule has 41 heavy (non-hydrogen) atoms. The molecule has 4 aromatic rings. The van der Waals surface area contributed by atoms with Crippen molar-refractivity contribution in [2.75, 3.05) is 38.0 Å². The van der Waals surface area contributed by atoms with E-state index in [0.29, 0.717) is 35.1 Å². The normalized spacial score (nSPS) is 14.9. The summed E-state index contributed by atoms with van der Waals surface area (Å²) in [6.45, 7) is 6.51. The number of fused-ring (bicyclic) bond motifs is 1. The van der Waals surface area contributed by atoms with Crippen LogP contribution in [0.2, 0.25) is 0 Å². The fourth-order valence-electron chi connectivity index (χ4n) is 5.15. The van der Waals surface area contributed by atoms with Crippen LogP contribution in [0.5, 0.6) is 11.5 Å². The number of methoxy groups -OCH3 is 2. The van der Waals surface area contributed by atoms with Crippen LogP contribution in [-0.4, -0.2) is 54.7 Å². The van der Waals surface area contributed by atoms with E-state index in [-0.39, 0.29) is 29.4 Å². The third kappa shape index (κ3) is 5.58. The van der Waals surface area contributed by atoms with E-state index in [1.807, 2.05) is 61.2 Å². The second-order valence-electron chi connectivity index (χ2n) is 9.90. The van der Waals surface area contributed by atoms with Gasteiger partial charge in [-0.3, -0.25) is 14.5 Å². The topological polar surface area (TPSA) is 85.7 Å². The molecule has 0 radical (unpaired) electrons. The zero-order chi connectivity index (χ0) is 29.1. The lowest BCUT2D eigenvalue weighted by Crippen LogP contribution is -2.42. The largest absolute Gasteiger partial charge is 0.496 e. The average Bonchev–Trinajstić information content (AvgIpc) is 3.61. The van der Waals surface area contributed by atoms with Crippen LogP contribution >= 0.6 is 23.1 Å². The summed E-state index contributed by atoms with van der Waals surface area (Å²) in [4.78, 5) is 28.6. The Hall–Kier alpha value is -3.76. The van der Waals surface area contributed by atoms with Gasteiger partial charge in [-0.1, -0.05) is 30.7 Å². The summed E-state index contributed by atoms with van der Waals surface area (Å²) in [5.41, 5.74) is 6.20. The first-order valence-electron chi connectivity index (χ1n) is 13.5. The Morgan fingerprint density at radius 1 is 1.12 bits per heavy atom. The predicted octanol–water partition coefficient (Wildman–Crippen LogP) is 5.93. The molecule has 0 spiro atoms. The Morgan fingerprint density at radius 3 is 2.51 bits per heavy atom.